The number of nitrogens with zero attached hydrogens (tertiary/aromatic N) is 4. The van der Waals surface area contributed by atoms with Gasteiger partial charge in [0.15, 0.2) is 0 Å². The number of aromatic nitrogens is 2. The minimum absolute atomic E-state index is 0.530. The molecule has 44 valence electrons. The van der Waals surface area contributed by atoms with Gasteiger partial charge in [-0.25, -0.2) is 0 Å². The smallest absolute Gasteiger partial charge is 0.131 e. The van der Waals surface area contributed by atoms with Crippen LogP contribution in [0.15, 0.2) is 22.4 Å². The molecule has 0 N–H and O–H groups in total. The summed E-state index contributed by atoms with van der Waals surface area (Å²) in [5.74, 6) is 0. The van der Waals surface area contributed by atoms with E-state index in [-0.39, 0.29) is 0 Å². The third-order valence-corrected chi connectivity index (χ3v) is 1.17. The maximum absolute atomic E-state index is 4.03. The Labute approximate surface area is 51.0 Å². The van der Waals surface area contributed by atoms with E-state index in [4.69, 9.17) is 0 Å². The van der Waals surface area contributed by atoms with Crippen LogP contribution in [0, 0.1) is 0 Å². The van der Waals surface area contributed by atoms with E-state index in [1.54, 1.807) is 12.4 Å². The van der Waals surface area contributed by atoms with Crippen molar-refractivity contribution in [1.29, 1.82) is 0 Å². The molecule has 0 atom stereocenters. The lowest BCUT2D eigenvalue weighted by Crippen LogP contribution is -2.22. The summed E-state index contributed by atoms with van der Waals surface area (Å²) < 4.78 is 0. The summed E-state index contributed by atoms with van der Waals surface area (Å²) in [6.45, 7) is 0.530. The van der Waals surface area contributed by atoms with Gasteiger partial charge in [-0.05, 0) is 0 Å². The van der Waals surface area contributed by atoms with Crippen LogP contribution in [0.3, 0.4) is 0 Å². The van der Waals surface area contributed by atoms with Crippen molar-refractivity contribution in [2.45, 2.75) is 0 Å². The van der Waals surface area contributed by atoms with Gasteiger partial charge in [0.25, 0.3) is 0 Å². The second-order valence-corrected chi connectivity index (χ2v) is 1.72. The summed E-state index contributed by atoms with van der Waals surface area (Å²) in [6.07, 6.45) is 3.23. The van der Waals surface area contributed by atoms with Gasteiger partial charge in [0.05, 0.1) is 12.4 Å². The zero-order chi connectivity index (χ0) is 6.10. The molecule has 1 aliphatic heterocycles. The van der Waals surface area contributed by atoms with E-state index >= 15 is 0 Å². The average Bonchev–Trinajstić information content (AvgIpc) is 2.33. The van der Waals surface area contributed by atoms with Crippen LogP contribution in [-0.4, -0.2) is 16.9 Å². The molecule has 1 aromatic rings. The van der Waals surface area contributed by atoms with Crippen LogP contribution in [0.5, 0.6) is 0 Å². The average molecular weight is 120 g/mol. The van der Waals surface area contributed by atoms with Gasteiger partial charge in [0, 0.05) is 0 Å². The summed E-state index contributed by atoms with van der Waals surface area (Å²) in [6, 6.07) is 0. The van der Waals surface area contributed by atoms with Gasteiger partial charge in [-0.15, -0.1) is 0 Å². The Morgan fingerprint density at radius 1 is 1.00 bits per heavy atom. The molecule has 2 heterocycles. The van der Waals surface area contributed by atoms with Crippen LogP contribution in [0.1, 0.15) is 0 Å². The molecule has 0 bridgehead atoms. The van der Waals surface area contributed by atoms with Crippen molar-refractivity contribution in [3.8, 4) is 0 Å². The SMILES string of the molecule is c1nncc2c1=NCN=2. The fourth-order valence-corrected chi connectivity index (χ4v) is 0.740. The van der Waals surface area contributed by atoms with Gasteiger partial charge in [0.1, 0.15) is 17.4 Å². The highest BCUT2D eigenvalue weighted by Crippen LogP contribution is 1.71. The van der Waals surface area contributed by atoms with Gasteiger partial charge in [-0.1, -0.05) is 0 Å². The molecular formula is C5H4N4. The van der Waals surface area contributed by atoms with Crippen molar-refractivity contribution in [2.24, 2.45) is 9.98 Å². The highest BCUT2D eigenvalue weighted by Gasteiger charge is 1.92. The highest BCUT2D eigenvalue weighted by atomic mass is 15.1. The normalized spacial score (nSPS) is 13.8. The van der Waals surface area contributed by atoms with Crippen LogP contribution in [-0.2, 0) is 0 Å². The summed E-state index contributed by atoms with van der Waals surface area (Å²) in [5, 5.41) is 9.01. The lowest BCUT2D eigenvalue weighted by molar-refractivity contribution is 0.990. The van der Waals surface area contributed by atoms with Gasteiger partial charge >= 0.3 is 0 Å². The minimum atomic E-state index is 0.530. The third-order valence-electron chi connectivity index (χ3n) is 1.17. The maximum Gasteiger partial charge on any atom is 0.131 e. The molecule has 0 saturated heterocycles. The van der Waals surface area contributed by atoms with Gasteiger partial charge in [0.2, 0.25) is 0 Å². The molecule has 2 rings (SSSR count). The zero-order valence-corrected chi connectivity index (χ0v) is 4.65. The van der Waals surface area contributed by atoms with E-state index in [2.05, 4.69) is 20.2 Å². The number of hydrogen-bond donors (Lipinski definition) is 0. The Kier molecular flexibility index (Phi) is 0.798. The second-order valence-electron chi connectivity index (χ2n) is 1.72. The molecule has 0 unspecified atom stereocenters. The van der Waals surface area contributed by atoms with Crippen molar-refractivity contribution in [1.82, 2.24) is 10.2 Å². The van der Waals surface area contributed by atoms with Crippen LogP contribution < -0.4 is 10.7 Å². The maximum atomic E-state index is 4.03. The first-order valence-corrected chi connectivity index (χ1v) is 2.62. The molecule has 0 aromatic carbocycles. The van der Waals surface area contributed by atoms with Crippen molar-refractivity contribution < 1.29 is 0 Å². The van der Waals surface area contributed by atoms with Crippen molar-refractivity contribution in [3.05, 3.63) is 23.1 Å². The first-order valence-electron chi connectivity index (χ1n) is 2.62. The topological polar surface area (TPSA) is 50.5 Å². The summed E-state index contributed by atoms with van der Waals surface area (Å²) >= 11 is 0. The summed E-state index contributed by atoms with van der Waals surface area (Å²) in [5.41, 5.74) is 0. The molecule has 0 spiro atoms. The quantitative estimate of drug-likeness (QED) is 0.426. The summed E-state index contributed by atoms with van der Waals surface area (Å²) in [7, 11) is 0. The van der Waals surface area contributed by atoms with Crippen LogP contribution >= 0.6 is 0 Å². The molecule has 0 amide bonds. The Bertz CT molecular complexity index is 296. The van der Waals surface area contributed by atoms with Crippen LogP contribution in [0.4, 0.5) is 0 Å². The Morgan fingerprint density at radius 2 is 1.56 bits per heavy atom. The van der Waals surface area contributed by atoms with E-state index in [1.807, 2.05) is 0 Å². The first-order chi connectivity index (χ1) is 4.47. The predicted molar refractivity (Wildman–Crippen MR) is 29.2 cm³/mol. The first kappa shape index (κ1) is 4.55. The van der Waals surface area contributed by atoms with E-state index in [0.717, 1.165) is 10.7 Å². The number of hydrogen-bond acceptors (Lipinski definition) is 4. The molecule has 9 heavy (non-hydrogen) atoms. The molecule has 0 radical (unpaired) electrons. The second kappa shape index (κ2) is 1.58. The molecule has 1 aliphatic rings. The fraction of sp³-hybridized carbons (Fsp3) is 0.200. The van der Waals surface area contributed by atoms with Gasteiger partial charge in [-0.3, -0.25) is 9.98 Å². The molecular weight excluding hydrogens is 116 g/mol. The van der Waals surface area contributed by atoms with Crippen LogP contribution in [0.25, 0.3) is 0 Å². The van der Waals surface area contributed by atoms with Crippen molar-refractivity contribution in [2.75, 3.05) is 6.67 Å². The van der Waals surface area contributed by atoms with E-state index in [1.165, 1.54) is 0 Å². The Hall–Kier alpha value is -1.32. The molecule has 0 fully saturated rings. The molecule has 0 saturated carbocycles. The lowest BCUT2D eigenvalue weighted by atomic mass is 10.5. The third kappa shape index (κ3) is 0.595. The fourth-order valence-electron chi connectivity index (χ4n) is 0.740. The number of fused-ring (bicyclic) bond motifs is 1. The van der Waals surface area contributed by atoms with Crippen molar-refractivity contribution in [3.63, 3.8) is 0 Å². The number of rotatable bonds is 0. The molecule has 4 heteroatoms. The molecule has 0 aliphatic carbocycles. The van der Waals surface area contributed by atoms with Gasteiger partial charge < -0.3 is 0 Å². The van der Waals surface area contributed by atoms with E-state index < -0.39 is 0 Å². The molecule has 4 nitrogen and oxygen atoms in total. The largest absolute Gasteiger partial charge is 0.258 e. The monoisotopic (exact) mass is 120 g/mol. The van der Waals surface area contributed by atoms with E-state index in [9.17, 15) is 0 Å². The van der Waals surface area contributed by atoms with Gasteiger partial charge in [-0.2, -0.15) is 10.2 Å². The van der Waals surface area contributed by atoms with E-state index in [0.29, 0.717) is 6.67 Å². The van der Waals surface area contributed by atoms with Crippen molar-refractivity contribution >= 4 is 0 Å². The Balaban J connectivity index is 2.97. The molecule has 1 aromatic heterocycles. The summed E-state index contributed by atoms with van der Waals surface area (Å²) in [4.78, 5) is 8.06. The highest BCUT2D eigenvalue weighted by molar-refractivity contribution is 4.87. The predicted octanol–water partition coefficient (Wildman–Crippen LogP) is -1.31. The minimum Gasteiger partial charge on any atom is -0.258 e. The Morgan fingerprint density at radius 3 is 2.11 bits per heavy atom. The van der Waals surface area contributed by atoms with Crippen LogP contribution in [0.2, 0.25) is 0 Å². The lowest BCUT2D eigenvalue weighted by Gasteiger charge is -1.74. The standard InChI is InChI=1S/C5H4N4/c1-4-5(2-9-8-1)7-3-6-4/h1-2H,3H2. The zero-order valence-electron chi connectivity index (χ0n) is 4.65.